The van der Waals surface area contributed by atoms with Gasteiger partial charge in [-0.05, 0) is 86.2 Å². The predicted molar refractivity (Wildman–Crippen MR) is 167 cm³/mol. The van der Waals surface area contributed by atoms with Gasteiger partial charge in [-0.2, -0.15) is 9.97 Å². The van der Waals surface area contributed by atoms with Gasteiger partial charge in [0.2, 0.25) is 6.54 Å². The normalized spacial score (nSPS) is 24.7. The highest BCUT2D eigenvalue weighted by Crippen LogP contribution is 2.58. The van der Waals surface area contributed by atoms with E-state index in [-0.39, 0.29) is 36.7 Å². The molecule has 3 aliphatic heterocycles. The molecule has 10 heteroatoms. The molecule has 0 unspecified atom stereocenters. The Morgan fingerprint density at radius 1 is 1.11 bits per heavy atom. The molecule has 232 valence electrons. The lowest BCUT2D eigenvalue weighted by Crippen LogP contribution is -2.56. The molecule has 0 bridgehead atoms. The number of nitrogens with zero attached hydrogens (tertiary/aromatic N) is 6. The van der Waals surface area contributed by atoms with Crippen LogP contribution < -0.4 is 9.64 Å². The minimum atomic E-state index is -1.05. The first-order chi connectivity index (χ1) is 21.9. The van der Waals surface area contributed by atoms with Gasteiger partial charge < -0.3 is 19.4 Å². The molecule has 0 N–H and O–H groups in total. The Kier molecular flexibility index (Phi) is 6.79. The number of fused-ring (bicyclic) bond motifs is 5. The second-order valence-electron chi connectivity index (χ2n) is 13.4. The Bertz CT molecular complexity index is 1760. The zero-order chi connectivity index (χ0) is 30.9. The molecule has 3 aromatic rings. The minimum absolute atomic E-state index is 0.0000351. The molecule has 0 spiro atoms. The van der Waals surface area contributed by atoms with Gasteiger partial charge in [0.05, 0.1) is 5.54 Å². The van der Waals surface area contributed by atoms with Crippen LogP contribution in [0.3, 0.4) is 0 Å². The van der Waals surface area contributed by atoms with E-state index in [1.807, 2.05) is 29.2 Å². The van der Waals surface area contributed by atoms with E-state index >= 15 is 4.39 Å². The third kappa shape index (κ3) is 4.66. The van der Waals surface area contributed by atoms with Crippen molar-refractivity contribution in [1.29, 1.82) is 0 Å². The van der Waals surface area contributed by atoms with E-state index in [4.69, 9.17) is 21.3 Å². The number of amides is 1. The summed E-state index contributed by atoms with van der Waals surface area (Å²) in [5.41, 5.74) is 4.20. The Balaban J connectivity index is 1.20. The van der Waals surface area contributed by atoms with Crippen molar-refractivity contribution in [1.82, 2.24) is 19.8 Å². The number of ether oxygens (including phenoxy) is 1. The maximum atomic E-state index is 16.8. The number of hydrogen-bond donors (Lipinski definition) is 0. The topological polar surface area (TPSA) is 66.2 Å². The highest BCUT2D eigenvalue weighted by Gasteiger charge is 2.47. The van der Waals surface area contributed by atoms with Gasteiger partial charge in [-0.25, -0.2) is 15.4 Å². The summed E-state index contributed by atoms with van der Waals surface area (Å²) in [6.45, 7) is 13.9. The van der Waals surface area contributed by atoms with Gasteiger partial charge in [-0.3, -0.25) is 9.69 Å². The average molecular weight is 611 g/mol. The first kappa shape index (κ1) is 28.4. The van der Waals surface area contributed by atoms with Crippen molar-refractivity contribution >= 4 is 22.6 Å². The van der Waals surface area contributed by atoms with Crippen molar-refractivity contribution < 1.29 is 18.3 Å². The zero-order valence-corrected chi connectivity index (χ0v) is 25.3. The Hall–Kier alpha value is -4.10. The molecule has 1 amide bonds. The predicted octanol–water partition coefficient (Wildman–Crippen LogP) is 5.52. The fourth-order valence-corrected chi connectivity index (χ4v) is 8.60. The van der Waals surface area contributed by atoms with E-state index in [9.17, 15) is 9.18 Å². The fourth-order valence-electron chi connectivity index (χ4n) is 8.60. The van der Waals surface area contributed by atoms with E-state index in [0.717, 1.165) is 57.2 Å². The van der Waals surface area contributed by atoms with Gasteiger partial charge in [0.15, 0.2) is 11.6 Å². The van der Waals surface area contributed by atoms with Crippen LogP contribution in [0.5, 0.6) is 6.01 Å². The first-order valence-electron chi connectivity index (χ1n) is 16.1. The van der Waals surface area contributed by atoms with Crippen LogP contribution in [0.15, 0.2) is 42.7 Å². The van der Waals surface area contributed by atoms with E-state index in [0.29, 0.717) is 41.8 Å². The Morgan fingerprint density at radius 3 is 2.71 bits per heavy atom. The maximum Gasteiger partial charge on any atom is 0.319 e. The van der Waals surface area contributed by atoms with Crippen molar-refractivity contribution in [3.63, 3.8) is 0 Å². The van der Waals surface area contributed by atoms with Crippen LogP contribution in [0, 0.1) is 18.3 Å². The molecule has 2 aromatic carbocycles. The molecular weight excluding hydrogens is 574 g/mol. The van der Waals surface area contributed by atoms with Gasteiger partial charge in [-0.15, -0.1) is 0 Å². The van der Waals surface area contributed by atoms with Crippen molar-refractivity contribution in [2.24, 2.45) is 5.92 Å². The molecule has 4 fully saturated rings. The molecule has 8 rings (SSSR count). The number of anilines is 1. The lowest BCUT2D eigenvalue weighted by molar-refractivity contribution is -0.131. The number of halogens is 2. The molecule has 4 heterocycles. The summed E-state index contributed by atoms with van der Waals surface area (Å²) >= 11 is 0. The molecule has 45 heavy (non-hydrogen) atoms. The highest BCUT2D eigenvalue weighted by atomic mass is 19.1. The average Bonchev–Trinajstić information content (AvgIpc) is 3.32. The van der Waals surface area contributed by atoms with Crippen LogP contribution in [-0.2, 0) is 11.2 Å². The number of rotatable bonds is 7. The molecule has 2 aliphatic carbocycles. The summed E-state index contributed by atoms with van der Waals surface area (Å²) in [5.74, 6) is -0.582. The molecular formula is C35H36F2N6O2. The van der Waals surface area contributed by atoms with Crippen LogP contribution in [0.25, 0.3) is 26.9 Å². The standard InChI is InChI=1S/C35H36F2N6O2/c1-21(36)33(44)43-15-14-41(19-24(43)18-38-2)32-27-9-8-26(25-7-3-6-22-16-23-17-28(23)29(22)25)30(37)31(27)39-34(40-32)45-20-35-10-4-12-42(35)13-5-11-35/h3,6-9,23-24,28H,1,4-5,10-20H2/t23-,24-,28+/m0/s1. The highest BCUT2D eigenvalue weighted by molar-refractivity contribution is 5.95. The van der Waals surface area contributed by atoms with Crippen LogP contribution in [0.2, 0.25) is 0 Å². The van der Waals surface area contributed by atoms with E-state index < -0.39 is 23.6 Å². The Labute approximate surface area is 261 Å². The zero-order valence-electron chi connectivity index (χ0n) is 25.3. The number of piperazine rings is 1. The van der Waals surface area contributed by atoms with Crippen molar-refractivity contribution in [2.75, 3.05) is 50.8 Å². The number of carbonyl (C=O) groups is 1. The summed E-state index contributed by atoms with van der Waals surface area (Å²) in [7, 11) is 0. The number of carbonyl (C=O) groups excluding carboxylic acids is 1. The van der Waals surface area contributed by atoms with Crippen molar-refractivity contribution in [3.8, 4) is 17.1 Å². The SMILES string of the molecule is [C-]#[N+]C[C@H]1CN(c2nc(OCC34CCCN3CCC4)nc3c(F)c(-c4cccc5c4[C@@H]4C[C@@H]4C5)ccc23)CCN1C(=O)C(=C)F. The Morgan fingerprint density at radius 2 is 1.93 bits per heavy atom. The van der Waals surface area contributed by atoms with Gasteiger partial charge in [0.25, 0.3) is 5.91 Å². The summed E-state index contributed by atoms with van der Waals surface area (Å²) in [6, 6.07) is 9.45. The molecule has 8 nitrogen and oxygen atoms in total. The minimum Gasteiger partial charge on any atom is -0.461 e. The number of aromatic nitrogens is 2. The molecule has 1 aromatic heterocycles. The largest absolute Gasteiger partial charge is 0.461 e. The summed E-state index contributed by atoms with van der Waals surface area (Å²) in [4.78, 5) is 31.4. The molecule has 3 saturated heterocycles. The summed E-state index contributed by atoms with van der Waals surface area (Å²) < 4.78 is 37.0. The van der Waals surface area contributed by atoms with E-state index in [2.05, 4.69) is 22.4 Å². The number of benzene rings is 2. The van der Waals surface area contributed by atoms with Crippen LogP contribution >= 0.6 is 0 Å². The lowest BCUT2D eigenvalue weighted by Gasteiger charge is -2.39. The molecule has 0 radical (unpaired) electrons. The van der Waals surface area contributed by atoms with Crippen molar-refractivity contribution in [3.05, 3.63) is 71.1 Å². The van der Waals surface area contributed by atoms with E-state index in [1.165, 1.54) is 16.0 Å². The molecule has 3 atom stereocenters. The molecule has 5 aliphatic rings. The lowest BCUT2D eigenvalue weighted by atomic mass is 9.93. The van der Waals surface area contributed by atoms with Gasteiger partial charge in [-0.1, -0.05) is 30.8 Å². The van der Waals surface area contributed by atoms with Gasteiger partial charge in [0.1, 0.15) is 24.0 Å². The van der Waals surface area contributed by atoms with Gasteiger partial charge >= 0.3 is 6.01 Å². The van der Waals surface area contributed by atoms with Crippen LogP contribution in [0.1, 0.15) is 49.1 Å². The summed E-state index contributed by atoms with van der Waals surface area (Å²) in [6.07, 6.45) is 6.60. The fraction of sp³-hybridized carbons (Fsp3) is 0.486. The second kappa shape index (κ2) is 10.8. The van der Waals surface area contributed by atoms with E-state index in [1.54, 1.807) is 0 Å². The smallest absolute Gasteiger partial charge is 0.319 e. The first-order valence-corrected chi connectivity index (χ1v) is 16.1. The quantitative estimate of drug-likeness (QED) is 0.259. The summed E-state index contributed by atoms with van der Waals surface area (Å²) in [5, 5.41) is 0.540. The number of hydrogen-bond acceptors (Lipinski definition) is 6. The maximum absolute atomic E-state index is 16.8. The van der Waals surface area contributed by atoms with Crippen LogP contribution in [0.4, 0.5) is 14.6 Å². The van der Waals surface area contributed by atoms with Gasteiger partial charge in [0, 0.05) is 30.6 Å². The molecule has 1 saturated carbocycles. The van der Waals surface area contributed by atoms with Crippen molar-refractivity contribution in [2.45, 2.75) is 56.0 Å². The monoisotopic (exact) mass is 610 g/mol. The third-order valence-electron chi connectivity index (χ3n) is 10.9. The second-order valence-corrected chi connectivity index (χ2v) is 13.4. The third-order valence-corrected chi connectivity index (χ3v) is 10.9. The van der Waals surface area contributed by atoms with Crippen LogP contribution in [-0.4, -0.2) is 83.1 Å².